The molecule has 3 nitrogen and oxygen atoms in total. The normalized spacial score (nSPS) is 16.9. The van der Waals surface area contributed by atoms with Crippen LogP contribution in [0.25, 0.3) is 17.4 Å². The van der Waals surface area contributed by atoms with Crippen LogP contribution >= 0.6 is 35.6 Å². The van der Waals surface area contributed by atoms with Crippen LogP contribution < -0.4 is 0 Å². The maximum atomic E-state index is 12.4. The van der Waals surface area contributed by atoms with Crippen molar-refractivity contribution in [2.75, 3.05) is 0 Å². The first-order valence-corrected chi connectivity index (χ1v) is 8.69. The summed E-state index contributed by atoms with van der Waals surface area (Å²) in [5.74, 6) is 1.19. The number of benzene rings is 1. The topological polar surface area (TPSA) is 33.5 Å². The SMILES string of the molecule is CC(C)N1C(=O)/C(=C\c2ccc(-c3ccccc3Cl)o2)SC1=S. The van der Waals surface area contributed by atoms with Crippen LogP contribution in [0.15, 0.2) is 45.7 Å². The second-order valence-corrected chi connectivity index (χ2v) is 7.41. The number of halogens is 1. The summed E-state index contributed by atoms with van der Waals surface area (Å²) in [5.41, 5.74) is 0.823. The number of hydrogen-bond donors (Lipinski definition) is 0. The number of rotatable bonds is 3. The standard InChI is InChI=1S/C17H14ClNO2S2/c1-10(2)19-16(20)15(23-17(19)22)9-11-7-8-14(21-11)12-5-3-4-6-13(12)18/h3-10H,1-2H3/b15-9+. The summed E-state index contributed by atoms with van der Waals surface area (Å²) in [6, 6.07) is 11.2. The summed E-state index contributed by atoms with van der Waals surface area (Å²) in [6.45, 7) is 3.88. The maximum Gasteiger partial charge on any atom is 0.266 e. The molecule has 0 atom stereocenters. The van der Waals surface area contributed by atoms with E-state index in [2.05, 4.69) is 0 Å². The molecular formula is C17H14ClNO2S2. The molecular weight excluding hydrogens is 350 g/mol. The zero-order chi connectivity index (χ0) is 16.6. The van der Waals surface area contributed by atoms with Crippen molar-refractivity contribution >= 4 is 51.9 Å². The average molecular weight is 364 g/mol. The first-order valence-electron chi connectivity index (χ1n) is 7.09. The number of thioether (sulfide) groups is 1. The van der Waals surface area contributed by atoms with Gasteiger partial charge in [-0.2, -0.15) is 0 Å². The van der Waals surface area contributed by atoms with Crippen LogP contribution in [-0.4, -0.2) is 21.2 Å². The van der Waals surface area contributed by atoms with Crippen molar-refractivity contribution in [3.8, 4) is 11.3 Å². The predicted octanol–water partition coefficient (Wildman–Crippen LogP) is 5.21. The Bertz CT molecular complexity index is 810. The van der Waals surface area contributed by atoms with Gasteiger partial charge in [0.2, 0.25) is 0 Å². The molecule has 0 saturated carbocycles. The predicted molar refractivity (Wildman–Crippen MR) is 99.3 cm³/mol. The Hall–Kier alpha value is -1.56. The maximum absolute atomic E-state index is 12.4. The van der Waals surface area contributed by atoms with E-state index in [9.17, 15) is 4.79 Å². The molecule has 0 spiro atoms. The molecule has 23 heavy (non-hydrogen) atoms. The number of hydrogen-bond acceptors (Lipinski definition) is 4. The fourth-order valence-electron chi connectivity index (χ4n) is 2.29. The lowest BCUT2D eigenvalue weighted by Crippen LogP contribution is -2.34. The Kier molecular flexibility index (Phi) is 4.62. The van der Waals surface area contributed by atoms with Crippen LogP contribution in [-0.2, 0) is 4.79 Å². The van der Waals surface area contributed by atoms with Crippen molar-refractivity contribution in [1.82, 2.24) is 4.90 Å². The molecule has 1 aliphatic rings. The average Bonchev–Trinajstić information content (AvgIpc) is 3.05. The van der Waals surface area contributed by atoms with E-state index in [0.29, 0.717) is 25.8 Å². The van der Waals surface area contributed by atoms with Gasteiger partial charge in [0.1, 0.15) is 15.8 Å². The summed E-state index contributed by atoms with van der Waals surface area (Å²) < 4.78 is 6.38. The van der Waals surface area contributed by atoms with Crippen LogP contribution in [0.2, 0.25) is 5.02 Å². The van der Waals surface area contributed by atoms with E-state index in [1.807, 2.05) is 50.2 Å². The summed E-state index contributed by atoms with van der Waals surface area (Å²) in [6.07, 6.45) is 1.72. The Morgan fingerprint density at radius 2 is 2.00 bits per heavy atom. The molecule has 1 aromatic carbocycles. The van der Waals surface area contributed by atoms with Gasteiger partial charge in [0.15, 0.2) is 0 Å². The van der Waals surface area contributed by atoms with E-state index in [1.54, 1.807) is 11.0 Å². The fraction of sp³-hybridized carbons (Fsp3) is 0.176. The van der Waals surface area contributed by atoms with Gasteiger partial charge >= 0.3 is 0 Å². The van der Waals surface area contributed by atoms with E-state index in [0.717, 1.165) is 5.56 Å². The van der Waals surface area contributed by atoms with Crippen molar-refractivity contribution in [3.63, 3.8) is 0 Å². The van der Waals surface area contributed by atoms with Crippen LogP contribution in [0.4, 0.5) is 0 Å². The van der Waals surface area contributed by atoms with Crippen LogP contribution in [0.3, 0.4) is 0 Å². The Morgan fingerprint density at radius 1 is 1.26 bits per heavy atom. The molecule has 1 saturated heterocycles. The molecule has 0 N–H and O–H groups in total. The van der Waals surface area contributed by atoms with Crippen molar-refractivity contribution in [2.45, 2.75) is 19.9 Å². The molecule has 6 heteroatoms. The molecule has 1 amide bonds. The van der Waals surface area contributed by atoms with Gasteiger partial charge in [0, 0.05) is 17.7 Å². The van der Waals surface area contributed by atoms with Crippen LogP contribution in [0.1, 0.15) is 19.6 Å². The smallest absolute Gasteiger partial charge is 0.266 e. The number of carbonyl (C=O) groups excluding carboxylic acids is 1. The minimum atomic E-state index is -0.0781. The Morgan fingerprint density at radius 3 is 2.65 bits per heavy atom. The number of carbonyl (C=O) groups is 1. The van der Waals surface area contributed by atoms with Gasteiger partial charge in [-0.25, -0.2) is 0 Å². The molecule has 3 rings (SSSR count). The van der Waals surface area contributed by atoms with Crippen LogP contribution in [0.5, 0.6) is 0 Å². The van der Waals surface area contributed by atoms with Gasteiger partial charge in [-0.3, -0.25) is 9.69 Å². The highest BCUT2D eigenvalue weighted by Gasteiger charge is 2.33. The second kappa shape index (κ2) is 6.51. The number of nitrogens with zero attached hydrogens (tertiary/aromatic N) is 1. The number of amides is 1. The lowest BCUT2D eigenvalue weighted by Gasteiger charge is -2.18. The minimum Gasteiger partial charge on any atom is -0.457 e. The van der Waals surface area contributed by atoms with E-state index in [1.165, 1.54) is 11.8 Å². The summed E-state index contributed by atoms with van der Waals surface area (Å²) in [5, 5.41) is 0.625. The zero-order valence-corrected chi connectivity index (χ0v) is 15.0. The molecule has 0 radical (unpaired) electrons. The third-order valence-corrected chi connectivity index (χ3v) is 5.04. The van der Waals surface area contributed by atoms with Crippen molar-refractivity contribution in [1.29, 1.82) is 0 Å². The molecule has 0 bridgehead atoms. The Labute approximate surface area is 149 Å². The molecule has 2 heterocycles. The highest BCUT2D eigenvalue weighted by Crippen LogP contribution is 2.35. The van der Waals surface area contributed by atoms with Gasteiger partial charge in [0.25, 0.3) is 5.91 Å². The first kappa shape index (κ1) is 16.3. The third kappa shape index (κ3) is 3.22. The van der Waals surface area contributed by atoms with Gasteiger partial charge < -0.3 is 4.42 Å². The van der Waals surface area contributed by atoms with Crippen molar-refractivity contribution in [3.05, 3.63) is 52.1 Å². The summed E-state index contributed by atoms with van der Waals surface area (Å²) >= 11 is 12.7. The fourth-order valence-corrected chi connectivity index (χ4v) is 4.02. The molecule has 1 fully saturated rings. The number of thiocarbonyl (C=S) groups is 1. The van der Waals surface area contributed by atoms with E-state index >= 15 is 0 Å². The lowest BCUT2D eigenvalue weighted by molar-refractivity contribution is -0.123. The van der Waals surface area contributed by atoms with E-state index < -0.39 is 0 Å². The van der Waals surface area contributed by atoms with Gasteiger partial charge in [0.05, 0.1) is 9.93 Å². The molecule has 118 valence electrons. The van der Waals surface area contributed by atoms with Crippen LogP contribution in [0, 0.1) is 0 Å². The van der Waals surface area contributed by atoms with E-state index in [4.69, 9.17) is 28.2 Å². The largest absolute Gasteiger partial charge is 0.457 e. The van der Waals surface area contributed by atoms with E-state index in [-0.39, 0.29) is 11.9 Å². The lowest BCUT2D eigenvalue weighted by atomic mass is 10.2. The summed E-state index contributed by atoms with van der Waals surface area (Å²) in [7, 11) is 0. The zero-order valence-electron chi connectivity index (χ0n) is 12.6. The molecule has 1 aliphatic heterocycles. The Balaban J connectivity index is 1.89. The van der Waals surface area contributed by atoms with Gasteiger partial charge in [-0.1, -0.05) is 47.7 Å². The third-order valence-electron chi connectivity index (χ3n) is 3.38. The quantitative estimate of drug-likeness (QED) is 0.553. The molecule has 0 unspecified atom stereocenters. The highest BCUT2D eigenvalue weighted by molar-refractivity contribution is 8.26. The van der Waals surface area contributed by atoms with Gasteiger partial charge in [-0.05, 0) is 38.1 Å². The minimum absolute atomic E-state index is 0.0451. The monoisotopic (exact) mass is 363 g/mol. The molecule has 2 aromatic rings. The van der Waals surface area contributed by atoms with Crippen molar-refractivity contribution in [2.24, 2.45) is 0 Å². The summed E-state index contributed by atoms with van der Waals surface area (Å²) in [4.78, 5) is 14.6. The van der Waals surface area contributed by atoms with Gasteiger partial charge in [-0.15, -0.1) is 0 Å². The second-order valence-electron chi connectivity index (χ2n) is 5.33. The van der Waals surface area contributed by atoms with Crippen molar-refractivity contribution < 1.29 is 9.21 Å². The molecule has 0 aliphatic carbocycles. The number of furan rings is 1. The highest BCUT2D eigenvalue weighted by atomic mass is 35.5. The first-order chi connectivity index (χ1) is 11.0. The molecule has 1 aromatic heterocycles.